The average molecular weight is 384 g/mol. The lowest BCUT2D eigenvalue weighted by atomic mass is 10.2. The highest BCUT2D eigenvalue weighted by Gasteiger charge is 2.16. The molecule has 0 radical (unpaired) electrons. The van der Waals surface area contributed by atoms with Crippen LogP contribution in [0.4, 0.5) is 4.39 Å². The van der Waals surface area contributed by atoms with Crippen molar-refractivity contribution in [3.8, 4) is 10.6 Å². The molecule has 6 nitrogen and oxygen atoms in total. The fraction of sp³-hybridized carbons (Fsp3) is 0.0526. The summed E-state index contributed by atoms with van der Waals surface area (Å²) in [5.41, 5.74) is 1.01. The average Bonchev–Trinajstić information content (AvgIpc) is 3.17. The van der Waals surface area contributed by atoms with E-state index in [1.54, 1.807) is 42.5 Å². The molecule has 1 aromatic heterocycles. The van der Waals surface area contributed by atoms with Crippen molar-refractivity contribution in [2.24, 2.45) is 0 Å². The van der Waals surface area contributed by atoms with Crippen LogP contribution >= 0.6 is 11.3 Å². The first kappa shape index (κ1) is 18.4. The van der Waals surface area contributed by atoms with Crippen molar-refractivity contribution in [3.63, 3.8) is 0 Å². The van der Waals surface area contributed by atoms with E-state index in [1.165, 1.54) is 28.8 Å². The van der Waals surface area contributed by atoms with Crippen molar-refractivity contribution in [2.45, 2.75) is 0 Å². The van der Waals surface area contributed by atoms with Crippen molar-refractivity contribution in [3.05, 3.63) is 77.1 Å². The Labute approximate surface area is 157 Å². The van der Waals surface area contributed by atoms with Crippen molar-refractivity contribution in [2.75, 3.05) is 6.61 Å². The Bertz CT molecular complexity index is 971. The maximum atomic E-state index is 13.0. The summed E-state index contributed by atoms with van der Waals surface area (Å²) in [7, 11) is 0. The molecular weight excluding hydrogens is 371 g/mol. The summed E-state index contributed by atoms with van der Waals surface area (Å²) >= 11 is 1.19. The highest BCUT2D eigenvalue weighted by molar-refractivity contribution is 7.13. The number of ether oxygens (including phenoxy) is 1. The fourth-order valence-corrected chi connectivity index (χ4v) is 2.92. The third-order valence-corrected chi connectivity index (χ3v) is 4.32. The molecule has 1 heterocycles. The Hall–Kier alpha value is -3.39. The number of nitrogens with zero attached hydrogens (tertiary/aromatic N) is 1. The zero-order valence-electron chi connectivity index (χ0n) is 13.8. The molecule has 0 aliphatic carbocycles. The molecule has 0 saturated carbocycles. The molecule has 2 aromatic carbocycles. The summed E-state index contributed by atoms with van der Waals surface area (Å²) in [6.07, 6.45) is 0. The van der Waals surface area contributed by atoms with Crippen LogP contribution in [-0.4, -0.2) is 29.4 Å². The number of carbonyl (C=O) groups excluding carboxylic acids is 3. The van der Waals surface area contributed by atoms with Crippen molar-refractivity contribution < 1.29 is 23.5 Å². The molecule has 8 heteroatoms. The lowest BCUT2D eigenvalue weighted by Gasteiger charge is -2.04. The van der Waals surface area contributed by atoms with E-state index < -0.39 is 24.4 Å². The lowest BCUT2D eigenvalue weighted by Crippen LogP contribution is -2.34. The highest BCUT2D eigenvalue weighted by atomic mass is 32.1. The van der Waals surface area contributed by atoms with E-state index in [4.69, 9.17) is 4.74 Å². The van der Waals surface area contributed by atoms with E-state index in [1.807, 2.05) is 0 Å². The zero-order valence-corrected chi connectivity index (χ0v) is 14.7. The number of amides is 2. The van der Waals surface area contributed by atoms with E-state index in [2.05, 4.69) is 10.3 Å². The Morgan fingerprint density at radius 1 is 1.04 bits per heavy atom. The van der Waals surface area contributed by atoms with E-state index in [9.17, 15) is 18.8 Å². The molecule has 3 rings (SSSR count). The number of esters is 1. The van der Waals surface area contributed by atoms with Gasteiger partial charge in [0.1, 0.15) is 10.8 Å². The van der Waals surface area contributed by atoms with Gasteiger partial charge in [0.2, 0.25) is 0 Å². The van der Waals surface area contributed by atoms with Gasteiger partial charge in [-0.25, -0.2) is 14.2 Å². The van der Waals surface area contributed by atoms with Gasteiger partial charge in [-0.1, -0.05) is 18.2 Å². The van der Waals surface area contributed by atoms with Crippen LogP contribution in [0.15, 0.2) is 60.0 Å². The monoisotopic (exact) mass is 384 g/mol. The summed E-state index contributed by atoms with van der Waals surface area (Å²) in [4.78, 5) is 39.7. The topological polar surface area (TPSA) is 85.4 Å². The Kier molecular flexibility index (Phi) is 5.68. The Morgan fingerprint density at radius 3 is 2.44 bits per heavy atom. The summed E-state index contributed by atoms with van der Waals surface area (Å²) in [5.74, 6) is -2.48. The van der Waals surface area contributed by atoms with Gasteiger partial charge in [-0.05, 0) is 36.4 Å². The maximum Gasteiger partial charge on any atom is 0.358 e. The summed E-state index contributed by atoms with van der Waals surface area (Å²) in [6.45, 7) is -0.610. The molecule has 0 aliphatic heterocycles. The molecule has 0 atom stereocenters. The van der Waals surface area contributed by atoms with Crippen molar-refractivity contribution in [1.82, 2.24) is 10.3 Å². The molecule has 0 fully saturated rings. The number of hydrogen-bond acceptors (Lipinski definition) is 6. The molecule has 0 unspecified atom stereocenters. The fourth-order valence-electron chi connectivity index (χ4n) is 2.12. The molecule has 0 spiro atoms. The smallest absolute Gasteiger partial charge is 0.358 e. The molecule has 136 valence electrons. The van der Waals surface area contributed by atoms with Gasteiger partial charge < -0.3 is 4.74 Å². The van der Waals surface area contributed by atoms with E-state index >= 15 is 0 Å². The molecule has 0 aliphatic rings. The maximum absolute atomic E-state index is 13.0. The van der Waals surface area contributed by atoms with Gasteiger partial charge >= 0.3 is 5.97 Å². The molecule has 1 N–H and O–H groups in total. The molecule has 2 amide bonds. The number of thiazole rings is 1. The predicted octanol–water partition coefficient (Wildman–Crippen LogP) is 3.06. The second-order valence-electron chi connectivity index (χ2n) is 5.36. The SMILES string of the molecule is O=C(COC(=O)c1csc(-c2ccc(F)cc2)n1)NC(=O)c1ccccc1. The quantitative estimate of drug-likeness (QED) is 0.684. The van der Waals surface area contributed by atoms with Gasteiger partial charge in [0.05, 0.1) is 0 Å². The summed E-state index contributed by atoms with van der Waals surface area (Å²) in [6, 6.07) is 13.9. The first-order valence-corrected chi connectivity index (χ1v) is 8.69. The van der Waals surface area contributed by atoms with Crippen LogP contribution in [-0.2, 0) is 9.53 Å². The van der Waals surface area contributed by atoms with Crippen LogP contribution in [0, 0.1) is 5.82 Å². The zero-order chi connectivity index (χ0) is 19.2. The summed E-state index contributed by atoms with van der Waals surface area (Å²) < 4.78 is 17.8. The molecule has 27 heavy (non-hydrogen) atoms. The van der Waals surface area contributed by atoms with Gasteiger partial charge in [-0.15, -0.1) is 11.3 Å². The first-order chi connectivity index (χ1) is 13.0. The van der Waals surface area contributed by atoms with Gasteiger partial charge in [0, 0.05) is 16.5 Å². The molecular formula is C19H13FN2O4S. The van der Waals surface area contributed by atoms with Crippen LogP contribution in [0.3, 0.4) is 0 Å². The number of rotatable bonds is 5. The van der Waals surface area contributed by atoms with E-state index in [-0.39, 0.29) is 11.5 Å². The second-order valence-corrected chi connectivity index (χ2v) is 6.22. The third kappa shape index (κ3) is 4.83. The normalized spacial score (nSPS) is 10.3. The second kappa shape index (κ2) is 8.33. The molecule has 0 saturated heterocycles. The van der Waals surface area contributed by atoms with E-state index in [0.29, 0.717) is 16.1 Å². The molecule has 0 bridgehead atoms. The largest absolute Gasteiger partial charge is 0.451 e. The summed E-state index contributed by atoms with van der Waals surface area (Å²) in [5, 5.41) is 4.13. The number of nitrogens with one attached hydrogen (secondary N) is 1. The Morgan fingerprint density at radius 2 is 1.74 bits per heavy atom. The minimum Gasteiger partial charge on any atom is -0.451 e. The number of aromatic nitrogens is 1. The minimum absolute atomic E-state index is 0.0292. The number of benzene rings is 2. The Balaban J connectivity index is 1.54. The van der Waals surface area contributed by atoms with Crippen molar-refractivity contribution >= 4 is 29.1 Å². The standard InChI is InChI=1S/C19H13FN2O4S/c20-14-8-6-13(7-9-14)18-21-15(11-27-18)19(25)26-10-16(23)22-17(24)12-4-2-1-3-5-12/h1-9,11H,10H2,(H,22,23,24). The molecule has 3 aromatic rings. The van der Waals surface area contributed by atoms with Gasteiger partial charge in [0.15, 0.2) is 12.3 Å². The van der Waals surface area contributed by atoms with Crippen LogP contribution < -0.4 is 5.32 Å². The van der Waals surface area contributed by atoms with Crippen LogP contribution in [0.25, 0.3) is 10.6 Å². The first-order valence-electron chi connectivity index (χ1n) is 7.81. The van der Waals surface area contributed by atoms with Crippen LogP contribution in [0.2, 0.25) is 0 Å². The minimum atomic E-state index is -0.790. The number of carbonyl (C=O) groups is 3. The van der Waals surface area contributed by atoms with Gasteiger partial charge in [0.25, 0.3) is 11.8 Å². The highest BCUT2D eigenvalue weighted by Crippen LogP contribution is 2.24. The lowest BCUT2D eigenvalue weighted by molar-refractivity contribution is -0.123. The predicted molar refractivity (Wildman–Crippen MR) is 96.7 cm³/mol. The van der Waals surface area contributed by atoms with Gasteiger partial charge in [-0.2, -0.15) is 0 Å². The number of hydrogen-bond donors (Lipinski definition) is 1. The third-order valence-electron chi connectivity index (χ3n) is 3.43. The van der Waals surface area contributed by atoms with Crippen molar-refractivity contribution in [1.29, 1.82) is 0 Å². The van der Waals surface area contributed by atoms with Gasteiger partial charge in [-0.3, -0.25) is 14.9 Å². The van der Waals surface area contributed by atoms with Crippen LogP contribution in [0.1, 0.15) is 20.8 Å². The van der Waals surface area contributed by atoms with E-state index in [0.717, 1.165) is 0 Å². The number of imide groups is 1. The van der Waals surface area contributed by atoms with Crippen LogP contribution in [0.5, 0.6) is 0 Å². The number of halogens is 1.